The molecule has 0 saturated carbocycles. The van der Waals surface area contributed by atoms with Crippen molar-refractivity contribution in [2.45, 2.75) is 26.2 Å². The minimum absolute atomic E-state index is 0.0185. The molecule has 3 heteroatoms. The third-order valence-electron chi connectivity index (χ3n) is 2.52. The summed E-state index contributed by atoms with van der Waals surface area (Å²) < 4.78 is 0. The van der Waals surface area contributed by atoms with Gasteiger partial charge in [-0.05, 0) is 17.9 Å². The van der Waals surface area contributed by atoms with Crippen molar-refractivity contribution in [2.75, 3.05) is 0 Å². The number of carbonyl (C=O) groups excluding carboxylic acids is 1. The van der Waals surface area contributed by atoms with E-state index in [1.807, 2.05) is 11.5 Å². The van der Waals surface area contributed by atoms with Gasteiger partial charge in [0.25, 0.3) is 0 Å². The predicted molar refractivity (Wildman–Crippen MR) is 57.4 cm³/mol. The lowest BCUT2D eigenvalue weighted by Crippen LogP contribution is -2.23. The van der Waals surface area contributed by atoms with Crippen molar-refractivity contribution in [1.82, 2.24) is 4.98 Å². The third kappa shape index (κ3) is 1.77. The van der Waals surface area contributed by atoms with Gasteiger partial charge in [-0.25, -0.2) is 4.98 Å². The molecule has 0 N–H and O–H groups in total. The fourth-order valence-electron chi connectivity index (χ4n) is 1.73. The van der Waals surface area contributed by atoms with Gasteiger partial charge >= 0.3 is 0 Å². The second-order valence-electron chi connectivity index (χ2n) is 4.35. The second-order valence-corrected chi connectivity index (χ2v) is 5.28. The van der Waals surface area contributed by atoms with Gasteiger partial charge in [-0.3, -0.25) is 4.79 Å². The maximum Gasteiger partial charge on any atom is 0.165 e. The molecule has 0 aliphatic heterocycles. The molecular weight excluding hydrogens is 194 g/mol. The lowest BCUT2D eigenvalue weighted by molar-refractivity contribution is -0.117. The van der Waals surface area contributed by atoms with E-state index in [1.165, 1.54) is 0 Å². The van der Waals surface area contributed by atoms with Gasteiger partial charge in [0.2, 0.25) is 0 Å². The highest BCUT2D eigenvalue weighted by molar-refractivity contribution is 7.09. The summed E-state index contributed by atoms with van der Waals surface area (Å²) in [6.07, 6.45) is 6.34. The zero-order valence-electron chi connectivity index (χ0n) is 8.36. The Morgan fingerprint density at radius 3 is 3.00 bits per heavy atom. The molecule has 14 heavy (non-hydrogen) atoms. The van der Waals surface area contributed by atoms with Crippen LogP contribution in [0.4, 0.5) is 0 Å². The highest BCUT2D eigenvalue weighted by Crippen LogP contribution is 2.37. The van der Waals surface area contributed by atoms with Crippen molar-refractivity contribution in [3.05, 3.63) is 28.7 Å². The topological polar surface area (TPSA) is 30.0 Å². The summed E-state index contributed by atoms with van der Waals surface area (Å²) in [5, 5.41) is 2.88. The Balaban J connectivity index is 2.30. The number of thiazole rings is 1. The Morgan fingerprint density at radius 2 is 2.36 bits per heavy atom. The molecule has 0 aromatic carbocycles. The molecule has 0 fully saturated rings. The molecule has 0 bridgehead atoms. The van der Waals surface area contributed by atoms with E-state index in [2.05, 4.69) is 18.8 Å². The van der Waals surface area contributed by atoms with Crippen LogP contribution >= 0.6 is 11.3 Å². The number of aromatic nitrogens is 1. The monoisotopic (exact) mass is 207 g/mol. The van der Waals surface area contributed by atoms with Gasteiger partial charge in [-0.15, -0.1) is 11.3 Å². The van der Waals surface area contributed by atoms with Crippen LogP contribution in [0, 0.1) is 5.41 Å². The van der Waals surface area contributed by atoms with Gasteiger partial charge in [-0.1, -0.05) is 19.9 Å². The predicted octanol–water partition coefficient (Wildman–Crippen LogP) is 2.78. The Kier molecular flexibility index (Phi) is 2.27. The minimum Gasteiger partial charge on any atom is -0.294 e. The van der Waals surface area contributed by atoms with Crippen LogP contribution in [0.2, 0.25) is 0 Å². The van der Waals surface area contributed by atoms with Gasteiger partial charge in [0, 0.05) is 11.6 Å². The SMILES string of the molecule is CC1(C)C=CC(=O)C(c2nccs2)C1. The van der Waals surface area contributed by atoms with E-state index in [1.54, 1.807) is 23.6 Å². The number of nitrogens with zero attached hydrogens (tertiary/aromatic N) is 1. The average molecular weight is 207 g/mol. The largest absolute Gasteiger partial charge is 0.294 e. The van der Waals surface area contributed by atoms with Crippen LogP contribution in [-0.2, 0) is 4.79 Å². The summed E-state index contributed by atoms with van der Waals surface area (Å²) >= 11 is 1.57. The molecular formula is C11H13NOS. The van der Waals surface area contributed by atoms with Crippen molar-refractivity contribution in [1.29, 1.82) is 0 Å². The number of ketones is 1. The number of hydrogen-bond donors (Lipinski definition) is 0. The van der Waals surface area contributed by atoms with Crippen molar-refractivity contribution in [2.24, 2.45) is 5.41 Å². The molecule has 0 saturated heterocycles. The highest BCUT2D eigenvalue weighted by atomic mass is 32.1. The summed E-state index contributed by atoms with van der Waals surface area (Å²) in [6, 6.07) is 0. The van der Waals surface area contributed by atoms with Crippen LogP contribution in [0.5, 0.6) is 0 Å². The fraction of sp³-hybridized carbons (Fsp3) is 0.455. The summed E-state index contributed by atoms with van der Waals surface area (Å²) in [5.41, 5.74) is 0.115. The standard InChI is InChI=1S/C11H13NOS/c1-11(2)4-3-9(13)8(7-11)10-12-5-6-14-10/h3-6,8H,7H2,1-2H3. The fourth-order valence-corrected chi connectivity index (χ4v) is 2.48. The summed E-state index contributed by atoms with van der Waals surface area (Å²) in [6.45, 7) is 4.30. The molecule has 0 amide bonds. The maximum absolute atomic E-state index is 11.7. The molecule has 0 radical (unpaired) electrons. The minimum atomic E-state index is -0.0185. The molecule has 2 rings (SSSR count). The summed E-state index contributed by atoms with van der Waals surface area (Å²) in [7, 11) is 0. The Morgan fingerprint density at radius 1 is 1.57 bits per heavy atom. The molecule has 0 spiro atoms. The van der Waals surface area contributed by atoms with Crippen LogP contribution in [-0.4, -0.2) is 10.8 Å². The van der Waals surface area contributed by atoms with Crippen molar-refractivity contribution >= 4 is 17.1 Å². The third-order valence-corrected chi connectivity index (χ3v) is 3.41. The molecule has 1 aromatic rings. The molecule has 1 aromatic heterocycles. The van der Waals surface area contributed by atoms with E-state index < -0.39 is 0 Å². The lowest BCUT2D eigenvalue weighted by atomic mass is 9.77. The van der Waals surface area contributed by atoms with E-state index in [-0.39, 0.29) is 17.1 Å². The summed E-state index contributed by atoms with van der Waals surface area (Å²) in [4.78, 5) is 15.9. The van der Waals surface area contributed by atoms with Gasteiger partial charge < -0.3 is 0 Å². The van der Waals surface area contributed by atoms with Crippen LogP contribution < -0.4 is 0 Å². The van der Waals surface area contributed by atoms with E-state index in [0.717, 1.165) is 11.4 Å². The van der Waals surface area contributed by atoms with E-state index in [4.69, 9.17) is 0 Å². The zero-order chi connectivity index (χ0) is 10.2. The first kappa shape index (κ1) is 9.59. The zero-order valence-corrected chi connectivity index (χ0v) is 9.17. The van der Waals surface area contributed by atoms with Crippen molar-refractivity contribution in [3.63, 3.8) is 0 Å². The maximum atomic E-state index is 11.7. The molecule has 1 unspecified atom stereocenters. The number of carbonyl (C=O) groups is 1. The first-order valence-corrected chi connectivity index (χ1v) is 5.59. The second kappa shape index (κ2) is 3.31. The smallest absolute Gasteiger partial charge is 0.165 e. The number of rotatable bonds is 1. The Bertz CT molecular complexity index is 365. The molecule has 1 aliphatic rings. The van der Waals surface area contributed by atoms with Crippen molar-refractivity contribution in [3.8, 4) is 0 Å². The first-order valence-electron chi connectivity index (χ1n) is 4.71. The number of allylic oxidation sites excluding steroid dienone is 2. The van der Waals surface area contributed by atoms with Gasteiger partial charge in [0.15, 0.2) is 5.78 Å². The van der Waals surface area contributed by atoms with Gasteiger partial charge in [0.05, 0.1) is 5.92 Å². The van der Waals surface area contributed by atoms with E-state index in [9.17, 15) is 4.79 Å². The van der Waals surface area contributed by atoms with Crippen molar-refractivity contribution < 1.29 is 4.79 Å². The quantitative estimate of drug-likeness (QED) is 0.708. The molecule has 1 heterocycles. The molecule has 1 atom stereocenters. The first-order chi connectivity index (χ1) is 6.58. The number of hydrogen-bond acceptors (Lipinski definition) is 3. The molecule has 2 nitrogen and oxygen atoms in total. The average Bonchev–Trinajstić information content (AvgIpc) is 2.62. The van der Waals surface area contributed by atoms with Gasteiger partial charge in [-0.2, -0.15) is 0 Å². The lowest BCUT2D eigenvalue weighted by Gasteiger charge is -2.28. The summed E-state index contributed by atoms with van der Waals surface area (Å²) in [5.74, 6) is 0.175. The Hall–Kier alpha value is -0.960. The Labute approximate surface area is 87.7 Å². The normalized spacial score (nSPS) is 25.3. The van der Waals surface area contributed by atoms with Gasteiger partial charge in [0.1, 0.15) is 5.01 Å². The van der Waals surface area contributed by atoms with Crippen LogP contribution in [0.15, 0.2) is 23.7 Å². The van der Waals surface area contributed by atoms with E-state index in [0.29, 0.717) is 0 Å². The molecule has 74 valence electrons. The van der Waals surface area contributed by atoms with Crippen LogP contribution in [0.25, 0.3) is 0 Å². The molecule has 1 aliphatic carbocycles. The van der Waals surface area contributed by atoms with E-state index >= 15 is 0 Å². The highest BCUT2D eigenvalue weighted by Gasteiger charge is 2.31. The van der Waals surface area contributed by atoms with Crippen LogP contribution in [0.1, 0.15) is 31.2 Å². The van der Waals surface area contributed by atoms with Crippen LogP contribution in [0.3, 0.4) is 0 Å².